The first-order valence-corrected chi connectivity index (χ1v) is 8.76. The molecular weight excluding hydrogens is 333 g/mol. The van der Waals surface area contributed by atoms with E-state index in [1.165, 1.54) is 23.5 Å². The first-order chi connectivity index (χ1) is 12.2. The van der Waals surface area contributed by atoms with Gasteiger partial charge in [0.2, 0.25) is 4.80 Å². The normalized spacial score (nSPS) is 12.4. The summed E-state index contributed by atoms with van der Waals surface area (Å²) in [5, 5.41) is 10.8. The molecule has 0 aliphatic rings. The molecule has 3 nitrogen and oxygen atoms in total. The molecule has 5 heteroatoms. The second-order valence-electron chi connectivity index (χ2n) is 5.46. The van der Waals surface area contributed by atoms with Crippen molar-refractivity contribution >= 4 is 17.0 Å². The van der Waals surface area contributed by atoms with Gasteiger partial charge in [-0.2, -0.15) is 5.10 Å². The zero-order valence-electron chi connectivity index (χ0n) is 13.9. The van der Waals surface area contributed by atoms with Crippen molar-refractivity contribution in [1.29, 1.82) is 0 Å². The molecule has 3 aromatic rings. The first-order valence-electron chi connectivity index (χ1n) is 7.88. The fraction of sp³-hybridized carbons (Fsp3) is 0.100. The van der Waals surface area contributed by atoms with E-state index >= 15 is 0 Å². The van der Waals surface area contributed by atoms with E-state index in [1.54, 1.807) is 12.1 Å². The van der Waals surface area contributed by atoms with Crippen LogP contribution in [-0.4, -0.2) is 10.3 Å². The van der Waals surface area contributed by atoms with Crippen LogP contribution in [0, 0.1) is 5.82 Å². The lowest BCUT2D eigenvalue weighted by atomic mass is 10.1. The molecule has 0 fully saturated rings. The third kappa shape index (κ3) is 4.00. The lowest BCUT2D eigenvalue weighted by molar-refractivity contribution is 0.628. The standard InChI is InChI=1S/C20H18FN3S/c1-3-13-24-19(17-7-5-4-6-8-17)14-25-20(24)23-22-15(2)16-9-11-18(21)12-10-16/h3-12,14H,1,13H2,2H3/b22-15-,23-20-. The topological polar surface area (TPSA) is 29.6 Å². The molecule has 0 N–H and O–H groups in total. The van der Waals surface area contributed by atoms with Gasteiger partial charge in [0.1, 0.15) is 5.82 Å². The second-order valence-corrected chi connectivity index (χ2v) is 6.30. The molecule has 0 amide bonds. The smallest absolute Gasteiger partial charge is 0.211 e. The van der Waals surface area contributed by atoms with Crippen LogP contribution in [-0.2, 0) is 6.54 Å². The van der Waals surface area contributed by atoms with Crippen molar-refractivity contribution in [3.63, 3.8) is 0 Å². The van der Waals surface area contributed by atoms with Crippen LogP contribution in [0.25, 0.3) is 11.3 Å². The molecular formula is C20H18FN3S. The first kappa shape index (κ1) is 17.0. The van der Waals surface area contributed by atoms with E-state index in [4.69, 9.17) is 0 Å². The molecule has 126 valence electrons. The highest BCUT2D eigenvalue weighted by molar-refractivity contribution is 7.07. The van der Waals surface area contributed by atoms with Crippen molar-refractivity contribution in [1.82, 2.24) is 4.57 Å². The third-order valence-corrected chi connectivity index (χ3v) is 4.58. The maximum Gasteiger partial charge on any atom is 0.211 e. The Morgan fingerprint density at radius 3 is 2.56 bits per heavy atom. The molecule has 0 spiro atoms. The highest BCUT2D eigenvalue weighted by atomic mass is 32.1. The highest BCUT2D eigenvalue weighted by Crippen LogP contribution is 2.19. The summed E-state index contributed by atoms with van der Waals surface area (Å²) in [5.41, 5.74) is 3.79. The van der Waals surface area contributed by atoms with Crippen molar-refractivity contribution in [3.8, 4) is 11.3 Å². The molecule has 0 aliphatic heterocycles. The Hall–Kier alpha value is -2.79. The van der Waals surface area contributed by atoms with Gasteiger partial charge >= 0.3 is 0 Å². The van der Waals surface area contributed by atoms with Gasteiger partial charge in [0.05, 0.1) is 11.4 Å². The van der Waals surface area contributed by atoms with Crippen molar-refractivity contribution in [2.24, 2.45) is 10.2 Å². The fourth-order valence-corrected chi connectivity index (χ4v) is 3.29. The predicted molar refractivity (Wildman–Crippen MR) is 102 cm³/mol. The Labute approximate surface area is 150 Å². The summed E-state index contributed by atoms with van der Waals surface area (Å²) >= 11 is 1.53. The number of hydrogen-bond acceptors (Lipinski definition) is 3. The van der Waals surface area contributed by atoms with E-state index in [9.17, 15) is 4.39 Å². The SMILES string of the molecule is C=CCn1c(-c2ccccc2)cs/c1=N\N=C(\C)c1ccc(F)cc1. The van der Waals surface area contributed by atoms with Crippen LogP contribution in [0.3, 0.4) is 0 Å². The zero-order valence-corrected chi connectivity index (χ0v) is 14.7. The molecule has 0 unspecified atom stereocenters. The Balaban J connectivity index is 2.00. The van der Waals surface area contributed by atoms with Crippen LogP contribution in [0.2, 0.25) is 0 Å². The van der Waals surface area contributed by atoms with Crippen LogP contribution in [0.5, 0.6) is 0 Å². The van der Waals surface area contributed by atoms with Gasteiger partial charge in [-0.3, -0.25) is 0 Å². The minimum Gasteiger partial charge on any atom is -0.311 e. The average Bonchev–Trinajstić information content (AvgIpc) is 3.04. The number of benzene rings is 2. The van der Waals surface area contributed by atoms with Crippen molar-refractivity contribution in [2.45, 2.75) is 13.5 Å². The fourth-order valence-electron chi connectivity index (χ4n) is 2.42. The van der Waals surface area contributed by atoms with E-state index in [0.29, 0.717) is 6.54 Å². The van der Waals surface area contributed by atoms with E-state index in [0.717, 1.165) is 27.3 Å². The zero-order chi connectivity index (χ0) is 17.6. The summed E-state index contributed by atoms with van der Waals surface area (Å²) < 4.78 is 15.1. The second kappa shape index (κ2) is 7.85. The molecule has 0 aliphatic carbocycles. The van der Waals surface area contributed by atoms with Gasteiger partial charge < -0.3 is 4.57 Å². The van der Waals surface area contributed by atoms with Crippen LogP contribution in [0.15, 0.2) is 82.8 Å². The number of aromatic nitrogens is 1. The van der Waals surface area contributed by atoms with Crippen molar-refractivity contribution in [3.05, 3.63) is 88.8 Å². The van der Waals surface area contributed by atoms with Gasteiger partial charge in [0.15, 0.2) is 0 Å². The quantitative estimate of drug-likeness (QED) is 0.357. The lowest BCUT2D eigenvalue weighted by Gasteiger charge is -2.05. The molecule has 0 bridgehead atoms. The maximum absolute atomic E-state index is 13.0. The Morgan fingerprint density at radius 1 is 1.16 bits per heavy atom. The number of thiazole rings is 1. The number of allylic oxidation sites excluding steroid dienone is 1. The molecule has 2 aromatic carbocycles. The van der Waals surface area contributed by atoms with E-state index in [-0.39, 0.29) is 5.82 Å². The van der Waals surface area contributed by atoms with Crippen LogP contribution in [0.4, 0.5) is 4.39 Å². The number of nitrogens with zero attached hydrogens (tertiary/aromatic N) is 3. The van der Waals surface area contributed by atoms with Gasteiger partial charge in [-0.1, -0.05) is 48.5 Å². The largest absolute Gasteiger partial charge is 0.311 e. The molecule has 1 heterocycles. The summed E-state index contributed by atoms with van der Waals surface area (Å²) in [6.07, 6.45) is 1.84. The molecule has 0 atom stereocenters. The number of rotatable bonds is 5. The molecule has 0 saturated heterocycles. The van der Waals surface area contributed by atoms with Crippen LogP contribution < -0.4 is 4.80 Å². The minimum atomic E-state index is -0.261. The molecule has 1 aromatic heterocycles. The number of hydrogen-bond donors (Lipinski definition) is 0. The van der Waals surface area contributed by atoms with Gasteiger partial charge in [0.25, 0.3) is 0 Å². The molecule has 25 heavy (non-hydrogen) atoms. The Kier molecular flexibility index (Phi) is 5.36. The monoisotopic (exact) mass is 351 g/mol. The molecule has 0 saturated carbocycles. The summed E-state index contributed by atoms with van der Waals surface area (Å²) in [4.78, 5) is 0.792. The third-order valence-electron chi connectivity index (χ3n) is 3.73. The van der Waals surface area contributed by atoms with E-state index in [2.05, 4.69) is 38.9 Å². The number of halogens is 1. The maximum atomic E-state index is 13.0. The lowest BCUT2D eigenvalue weighted by Crippen LogP contribution is -2.15. The highest BCUT2D eigenvalue weighted by Gasteiger charge is 2.06. The van der Waals surface area contributed by atoms with Gasteiger partial charge in [-0.05, 0) is 30.2 Å². The predicted octanol–water partition coefficient (Wildman–Crippen LogP) is 4.87. The average molecular weight is 351 g/mol. The summed E-state index contributed by atoms with van der Waals surface area (Å²) in [5.74, 6) is -0.261. The van der Waals surface area contributed by atoms with Crippen LogP contribution in [0.1, 0.15) is 12.5 Å². The van der Waals surface area contributed by atoms with E-state index in [1.807, 2.05) is 31.2 Å². The molecule has 3 rings (SSSR count). The summed E-state index contributed by atoms with van der Waals surface area (Å²) in [7, 11) is 0. The summed E-state index contributed by atoms with van der Waals surface area (Å²) in [6, 6.07) is 16.4. The minimum absolute atomic E-state index is 0.261. The van der Waals surface area contributed by atoms with Crippen molar-refractivity contribution < 1.29 is 4.39 Å². The Morgan fingerprint density at radius 2 is 1.88 bits per heavy atom. The summed E-state index contributed by atoms with van der Waals surface area (Å²) in [6.45, 7) is 6.35. The van der Waals surface area contributed by atoms with E-state index < -0.39 is 0 Å². The van der Waals surface area contributed by atoms with Crippen molar-refractivity contribution in [2.75, 3.05) is 0 Å². The van der Waals surface area contributed by atoms with Crippen LogP contribution >= 0.6 is 11.3 Å². The Bertz CT molecular complexity index is 951. The molecule has 0 radical (unpaired) electrons. The van der Waals surface area contributed by atoms with Gasteiger partial charge in [-0.15, -0.1) is 23.0 Å². The van der Waals surface area contributed by atoms with Gasteiger partial charge in [0, 0.05) is 11.9 Å². The van der Waals surface area contributed by atoms with Gasteiger partial charge in [-0.25, -0.2) is 4.39 Å².